The van der Waals surface area contributed by atoms with E-state index < -0.39 is 40.9 Å². The number of carbonyl (C=O) groups is 3. The molecule has 0 atom stereocenters. The van der Waals surface area contributed by atoms with Crippen molar-refractivity contribution in [2.24, 2.45) is 0 Å². The van der Waals surface area contributed by atoms with Gasteiger partial charge in [-0.15, -0.1) is 0 Å². The highest BCUT2D eigenvalue weighted by Crippen LogP contribution is 2.24. The van der Waals surface area contributed by atoms with Crippen LogP contribution in [0.3, 0.4) is 0 Å². The fourth-order valence-corrected chi connectivity index (χ4v) is 1.87. The van der Waals surface area contributed by atoms with Crippen molar-refractivity contribution in [1.82, 2.24) is 0 Å². The number of cyclic esters (lactones) is 2. The Morgan fingerprint density at radius 1 is 1.17 bits per heavy atom. The van der Waals surface area contributed by atoms with Crippen molar-refractivity contribution in [3.05, 3.63) is 41.1 Å². The van der Waals surface area contributed by atoms with Crippen LogP contribution >= 0.6 is 0 Å². The lowest BCUT2D eigenvalue weighted by molar-refractivity contribution is -0.222. The first-order valence-corrected chi connectivity index (χ1v) is 6.65. The first kappa shape index (κ1) is 17.4. The fraction of sp³-hybridized carbons (Fsp3) is 0.267. The maximum atomic E-state index is 13.4. The molecule has 1 N–H and O–H groups in total. The number of ether oxygens (including phenoxy) is 3. The average molecular weight is 341 g/mol. The van der Waals surface area contributed by atoms with E-state index in [0.29, 0.717) is 12.1 Å². The molecule has 1 aromatic carbocycles. The van der Waals surface area contributed by atoms with Crippen molar-refractivity contribution in [1.29, 1.82) is 0 Å². The van der Waals surface area contributed by atoms with E-state index in [4.69, 9.17) is 9.47 Å². The van der Waals surface area contributed by atoms with Crippen LogP contribution in [-0.2, 0) is 23.8 Å². The van der Waals surface area contributed by atoms with Gasteiger partial charge in [0, 0.05) is 26.1 Å². The maximum absolute atomic E-state index is 13.4. The quantitative estimate of drug-likeness (QED) is 0.510. The summed E-state index contributed by atoms with van der Waals surface area (Å²) in [5.74, 6) is -6.78. The van der Waals surface area contributed by atoms with Gasteiger partial charge in [0.15, 0.2) is 17.2 Å². The number of rotatable bonds is 3. The summed E-state index contributed by atoms with van der Waals surface area (Å²) < 4.78 is 40.9. The smallest absolute Gasteiger partial charge is 0.350 e. The monoisotopic (exact) mass is 341 g/mol. The number of halogens is 2. The molecule has 24 heavy (non-hydrogen) atoms. The van der Waals surface area contributed by atoms with Crippen LogP contribution in [0.5, 0.6) is 0 Å². The molecule has 0 saturated carbocycles. The molecule has 0 bridgehead atoms. The second-order valence-electron chi connectivity index (χ2n) is 5.18. The lowest BCUT2D eigenvalue weighted by Gasteiger charge is -2.29. The minimum Gasteiger partial charge on any atom is -0.465 e. The molecule has 0 aliphatic carbocycles. The summed E-state index contributed by atoms with van der Waals surface area (Å²) in [6.07, 6.45) is 0.874. The Labute approximate surface area is 135 Å². The van der Waals surface area contributed by atoms with Crippen LogP contribution in [0, 0.1) is 11.6 Å². The summed E-state index contributed by atoms with van der Waals surface area (Å²) in [6.45, 7) is 2.75. The molecular weight excluding hydrogens is 328 g/mol. The highest BCUT2D eigenvalue weighted by atomic mass is 19.2. The SMILES string of the molecule is COC(=O)c1cc(F)c(F)cc1NC=C1C(=O)OC(C)(C)OC1=O. The summed E-state index contributed by atoms with van der Waals surface area (Å²) in [6, 6.07) is 1.31. The molecule has 1 saturated heterocycles. The molecular formula is C15H13F2NO6. The third-order valence-corrected chi connectivity index (χ3v) is 2.95. The van der Waals surface area contributed by atoms with Gasteiger partial charge in [-0.3, -0.25) is 0 Å². The van der Waals surface area contributed by atoms with Crippen molar-refractivity contribution in [2.45, 2.75) is 19.6 Å². The minimum absolute atomic E-state index is 0.210. The van der Waals surface area contributed by atoms with E-state index in [-0.39, 0.29) is 11.3 Å². The van der Waals surface area contributed by atoms with Crippen LogP contribution in [0.25, 0.3) is 0 Å². The predicted molar refractivity (Wildman–Crippen MR) is 75.7 cm³/mol. The van der Waals surface area contributed by atoms with Gasteiger partial charge in [-0.05, 0) is 6.07 Å². The van der Waals surface area contributed by atoms with Gasteiger partial charge < -0.3 is 19.5 Å². The molecule has 0 radical (unpaired) electrons. The van der Waals surface area contributed by atoms with Crippen LogP contribution in [0.1, 0.15) is 24.2 Å². The molecule has 7 nitrogen and oxygen atoms in total. The Bertz CT molecular complexity index is 735. The van der Waals surface area contributed by atoms with Gasteiger partial charge in [-0.2, -0.15) is 0 Å². The van der Waals surface area contributed by atoms with Crippen molar-refractivity contribution in [3.63, 3.8) is 0 Å². The van der Waals surface area contributed by atoms with Crippen molar-refractivity contribution in [2.75, 3.05) is 12.4 Å². The van der Waals surface area contributed by atoms with E-state index in [9.17, 15) is 23.2 Å². The van der Waals surface area contributed by atoms with Crippen molar-refractivity contribution < 1.29 is 37.4 Å². The van der Waals surface area contributed by atoms with Gasteiger partial charge in [0.2, 0.25) is 0 Å². The van der Waals surface area contributed by atoms with Gasteiger partial charge in [-0.1, -0.05) is 0 Å². The fourth-order valence-electron chi connectivity index (χ4n) is 1.87. The number of hydrogen-bond donors (Lipinski definition) is 1. The highest BCUT2D eigenvalue weighted by Gasteiger charge is 2.39. The van der Waals surface area contributed by atoms with E-state index >= 15 is 0 Å². The molecule has 128 valence electrons. The molecule has 1 heterocycles. The molecule has 1 aliphatic rings. The first-order chi connectivity index (χ1) is 11.1. The molecule has 2 rings (SSSR count). The topological polar surface area (TPSA) is 90.9 Å². The Balaban J connectivity index is 2.35. The van der Waals surface area contributed by atoms with Gasteiger partial charge >= 0.3 is 17.9 Å². The van der Waals surface area contributed by atoms with Gasteiger partial charge in [0.25, 0.3) is 5.79 Å². The molecule has 0 spiro atoms. The summed E-state index contributed by atoms with van der Waals surface area (Å²) in [7, 11) is 1.06. The molecule has 1 fully saturated rings. The zero-order valence-corrected chi connectivity index (χ0v) is 12.9. The number of hydrogen-bond acceptors (Lipinski definition) is 7. The van der Waals surface area contributed by atoms with Gasteiger partial charge in [0.05, 0.1) is 18.4 Å². The number of carbonyl (C=O) groups excluding carboxylic acids is 3. The summed E-state index contributed by atoms with van der Waals surface area (Å²) in [5, 5.41) is 2.38. The Morgan fingerprint density at radius 3 is 2.25 bits per heavy atom. The zero-order valence-electron chi connectivity index (χ0n) is 12.9. The van der Waals surface area contributed by atoms with Crippen LogP contribution in [0.15, 0.2) is 23.9 Å². The normalized spacial score (nSPS) is 16.1. The number of esters is 3. The van der Waals surface area contributed by atoms with E-state index in [1.807, 2.05) is 0 Å². The average Bonchev–Trinajstić information content (AvgIpc) is 2.47. The lowest BCUT2D eigenvalue weighted by Crippen LogP contribution is -2.42. The number of anilines is 1. The second kappa shape index (κ2) is 6.26. The number of methoxy groups -OCH3 is 1. The summed E-state index contributed by atoms with van der Waals surface area (Å²) in [5.41, 5.74) is -1.04. The third kappa shape index (κ3) is 3.50. The molecule has 0 unspecified atom stereocenters. The highest BCUT2D eigenvalue weighted by molar-refractivity contribution is 6.15. The standard InChI is InChI=1S/C15H13F2NO6/c1-15(2)23-13(20)8(14(21)24-15)6-18-11-5-10(17)9(16)4-7(11)12(19)22-3/h4-6,18H,1-3H3. The Morgan fingerprint density at radius 2 is 1.71 bits per heavy atom. The van der Waals surface area contributed by atoms with Crippen molar-refractivity contribution in [3.8, 4) is 0 Å². The third-order valence-electron chi connectivity index (χ3n) is 2.95. The Kier molecular flexibility index (Phi) is 4.54. The minimum atomic E-state index is -1.41. The zero-order chi connectivity index (χ0) is 18.1. The van der Waals surface area contributed by atoms with Crippen LogP contribution in [0.2, 0.25) is 0 Å². The van der Waals surface area contributed by atoms with Crippen LogP contribution < -0.4 is 5.32 Å². The predicted octanol–water partition coefficient (Wildman–Crippen LogP) is 1.88. The second-order valence-corrected chi connectivity index (χ2v) is 5.18. The number of nitrogens with one attached hydrogen (secondary N) is 1. The molecule has 0 aromatic heterocycles. The van der Waals surface area contributed by atoms with Gasteiger partial charge in [-0.25, -0.2) is 23.2 Å². The van der Waals surface area contributed by atoms with Crippen molar-refractivity contribution >= 4 is 23.6 Å². The molecule has 0 amide bonds. The molecule has 9 heteroatoms. The first-order valence-electron chi connectivity index (χ1n) is 6.65. The lowest BCUT2D eigenvalue weighted by atomic mass is 10.1. The largest absolute Gasteiger partial charge is 0.465 e. The molecule has 1 aliphatic heterocycles. The van der Waals surface area contributed by atoms with Crippen LogP contribution in [0.4, 0.5) is 14.5 Å². The van der Waals surface area contributed by atoms with E-state index in [1.54, 1.807) is 0 Å². The van der Waals surface area contributed by atoms with E-state index in [1.165, 1.54) is 13.8 Å². The van der Waals surface area contributed by atoms with Crippen LogP contribution in [-0.4, -0.2) is 30.8 Å². The summed E-state index contributed by atoms with van der Waals surface area (Å²) in [4.78, 5) is 35.2. The summed E-state index contributed by atoms with van der Waals surface area (Å²) >= 11 is 0. The number of benzene rings is 1. The van der Waals surface area contributed by atoms with E-state index in [0.717, 1.165) is 13.3 Å². The molecule has 1 aromatic rings. The Hall–Kier alpha value is -2.97. The maximum Gasteiger partial charge on any atom is 0.350 e. The van der Waals surface area contributed by atoms with Gasteiger partial charge in [0.1, 0.15) is 0 Å². The van der Waals surface area contributed by atoms with E-state index in [2.05, 4.69) is 10.1 Å².